The molecule has 0 amide bonds. The van der Waals surface area contributed by atoms with Gasteiger partial charge in [-0.3, -0.25) is 0 Å². The van der Waals surface area contributed by atoms with E-state index in [9.17, 15) is 5.11 Å². The van der Waals surface area contributed by atoms with Crippen LogP contribution in [-0.4, -0.2) is 34.8 Å². The minimum Gasteiger partial charge on any atom is -0.473 e. The van der Waals surface area contributed by atoms with Gasteiger partial charge in [-0.1, -0.05) is 13.8 Å². The summed E-state index contributed by atoms with van der Waals surface area (Å²) in [6.45, 7) is 4.60. The summed E-state index contributed by atoms with van der Waals surface area (Å²) < 4.78 is 9.17. The third kappa shape index (κ3) is 4.14. The number of nitrogens with one attached hydrogen (secondary N) is 1. The summed E-state index contributed by atoms with van der Waals surface area (Å²) >= 11 is 1.17. The van der Waals surface area contributed by atoms with Gasteiger partial charge in [0.15, 0.2) is 0 Å². The number of aromatic nitrogens is 1. The zero-order valence-electron chi connectivity index (χ0n) is 9.30. The van der Waals surface area contributed by atoms with Gasteiger partial charge < -0.3 is 15.2 Å². The van der Waals surface area contributed by atoms with Crippen molar-refractivity contribution in [3.05, 3.63) is 10.9 Å². The highest BCUT2D eigenvalue weighted by Crippen LogP contribution is 2.17. The molecule has 16 heavy (non-hydrogen) atoms. The van der Waals surface area contributed by atoms with Crippen molar-refractivity contribution in [1.29, 1.82) is 5.26 Å². The van der Waals surface area contributed by atoms with Crippen molar-refractivity contribution in [3.8, 4) is 11.9 Å². The number of nitrogens with zero attached hydrogens (tertiary/aromatic N) is 2. The molecule has 1 aromatic rings. The molecule has 0 spiro atoms. The van der Waals surface area contributed by atoms with Crippen LogP contribution in [0.1, 0.15) is 19.4 Å². The Morgan fingerprint density at radius 2 is 2.44 bits per heavy atom. The predicted molar refractivity (Wildman–Crippen MR) is 61.5 cm³/mol. The van der Waals surface area contributed by atoms with Gasteiger partial charge in [0.1, 0.15) is 24.3 Å². The average molecular weight is 241 g/mol. The second-order valence-corrected chi connectivity index (χ2v) is 4.30. The lowest BCUT2D eigenvalue weighted by Gasteiger charge is -2.13. The minimum absolute atomic E-state index is 0.137. The smallest absolute Gasteiger partial charge is 0.243 e. The van der Waals surface area contributed by atoms with E-state index < -0.39 is 6.10 Å². The van der Waals surface area contributed by atoms with Gasteiger partial charge in [-0.25, -0.2) is 0 Å². The Bertz CT molecular complexity index is 359. The SMILES string of the molecule is CC(C)NCC(O)COc1nscc1C#N. The molecule has 1 atom stereocenters. The van der Waals surface area contributed by atoms with Crippen molar-refractivity contribution >= 4 is 11.5 Å². The van der Waals surface area contributed by atoms with Crippen LogP contribution in [0.2, 0.25) is 0 Å². The normalized spacial score (nSPS) is 12.4. The van der Waals surface area contributed by atoms with E-state index in [1.807, 2.05) is 19.9 Å². The average Bonchev–Trinajstić information content (AvgIpc) is 2.70. The molecular formula is C10H15N3O2S. The Morgan fingerprint density at radius 1 is 1.69 bits per heavy atom. The van der Waals surface area contributed by atoms with Crippen molar-refractivity contribution in [1.82, 2.24) is 9.69 Å². The van der Waals surface area contributed by atoms with Gasteiger partial charge in [0.25, 0.3) is 0 Å². The molecule has 0 aliphatic carbocycles. The highest BCUT2D eigenvalue weighted by atomic mass is 32.1. The topological polar surface area (TPSA) is 78.2 Å². The summed E-state index contributed by atoms with van der Waals surface area (Å²) in [6.07, 6.45) is -0.601. The molecule has 6 heteroatoms. The Balaban J connectivity index is 2.32. The summed E-state index contributed by atoms with van der Waals surface area (Å²) in [5.74, 6) is 0.302. The summed E-state index contributed by atoms with van der Waals surface area (Å²) in [6, 6.07) is 2.30. The molecule has 0 fully saturated rings. The number of hydrogen-bond donors (Lipinski definition) is 2. The van der Waals surface area contributed by atoms with Crippen molar-refractivity contribution in [2.24, 2.45) is 0 Å². The Kier molecular flexibility index (Phi) is 5.19. The van der Waals surface area contributed by atoms with Gasteiger partial charge in [0.05, 0.1) is 0 Å². The maximum absolute atomic E-state index is 9.57. The zero-order valence-corrected chi connectivity index (χ0v) is 10.1. The Hall–Kier alpha value is -1.16. The van der Waals surface area contributed by atoms with E-state index >= 15 is 0 Å². The third-order valence-electron chi connectivity index (χ3n) is 1.83. The molecule has 0 saturated carbocycles. The van der Waals surface area contributed by atoms with Crippen molar-refractivity contribution in [2.45, 2.75) is 26.0 Å². The van der Waals surface area contributed by atoms with Crippen LogP contribution in [-0.2, 0) is 0 Å². The lowest BCUT2D eigenvalue weighted by molar-refractivity contribution is 0.102. The highest BCUT2D eigenvalue weighted by molar-refractivity contribution is 7.03. The first-order chi connectivity index (χ1) is 7.63. The number of aliphatic hydroxyl groups excluding tert-OH is 1. The molecule has 1 aromatic heterocycles. The number of aliphatic hydroxyl groups is 1. The first kappa shape index (κ1) is 12.9. The van der Waals surface area contributed by atoms with Gasteiger partial charge in [0, 0.05) is 18.0 Å². The van der Waals surface area contributed by atoms with Gasteiger partial charge in [-0.05, 0) is 11.5 Å². The van der Waals surface area contributed by atoms with Crippen LogP contribution in [0.5, 0.6) is 5.88 Å². The van der Waals surface area contributed by atoms with Crippen LogP contribution in [0.3, 0.4) is 0 Å². The maximum atomic E-state index is 9.57. The fourth-order valence-electron chi connectivity index (χ4n) is 1.01. The molecule has 0 aliphatic rings. The quantitative estimate of drug-likeness (QED) is 0.768. The van der Waals surface area contributed by atoms with Crippen molar-refractivity contribution in [2.75, 3.05) is 13.2 Å². The monoisotopic (exact) mass is 241 g/mol. The number of hydrogen-bond acceptors (Lipinski definition) is 6. The second-order valence-electron chi connectivity index (χ2n) is 3.67. The maximum Gasteiger partial charge on any atom is 0.243 e. The number of ether oxygens (including phenoxy) is 1. The highest BCUT2D eigenvalue weighted by Gasteiger charge is 2.10. The molecule has 1 unspecified atom stereocenters. The number of rotatable bonds is 6. The molecule has 88 valence electrons. The standard InChI is InChI=1S/C10H15N3O2S/c1-7(2)12-4-9(14)5-15-10-8(3-11)6-16-13-10/h6-7,9,12,14H,4-5H2,1-2H3. The Labute approximate surface area is 98.8 Å². The molecule has 1 rings (SSSR count). The molecule has 0 aromatic carbocycles. The minimum atomic E-state index is -0.601. The van der Waals surface area contributed by atoms with Gasteiger partial charge in [-0.15, -0.1) is 0 Å². The van der Waals surface area contributed by atoms with E-state index in [2.05, 4.69) is 9.69 Å². The van der Waals surface area contributed by atoms with E-state index in [0.29, 0.717) is 24.0 Å². The van der Waals surface area contributed by atoms with E-state index in [1.54, 1.807) is 5.38 Å². The summed E-state index contributed by atoms with van der Waals surface area (Å²) in [5, 5.41) is 23.0. The van der Waals surface area contributed by atoms with E-state index in [4.69, 9.17) is 10.00 Å². The van der Waals surface area contributed by atoms with Crippen molar-refractivity contribution < 1.29 is 9.84 Å². The zero-order chi connectivity index (χ0) is 12.0. The van der Waals surface area contributed by atoms with E-state index in [-0.39, 0.29) is 6.61 Å². The van der Waals surface area contributed by atoms with Crippen LogP contribution in [0, 0.1) is 11.3 Å². The van der Waals surface area contributed by atoms with Gasteiger partial charge >= 0.3 is 0 Å². The molecule has 5 nitrogen and oxygen atoms in total. The van der Waals surface area contributed by atoms with Crippen LogP contribution in [0.25, 0.3) is 0 Å². The van der Waals surface area contributed by atoms with E-state index in [0.717, 1.165) is 0 Å². The molecule has 0 radical (unpaired) electrons. The third-order valence-corrected chi connectivity index (χ3v) is 2.44. The second kappa shape index (κ2) is 6.43. The van der Waals surface area contributed by atoms with Crippen LogP contribution >= 0.6 is 11.5 Å². The lowest BCUT2D eigenvalue weighted by Crippen LogP contribution is -2.35. The molecule has 0 aliphatic heterocycles. The molecule has 1 heterocycles. The molecule has 2 N–H and O–H groups in total. The lowest BCUT2D eigenvalue weighted by atomic mass is 10.3. The molecular weight excluding hydrogens is 226 g/mol. The van der Waals surface area contributed by atoms with Gasteiger partial charge in [0.2, 0.25) is 5.88 Å². The Morgan fingerprint density at radius 3 is 3.06 bits per heavy atom. The fourth-order valence-corrected chi connectivity index (χ4v) is 1.57. The summed E-state index contributed by atoms with van der Waals surface area (Å²) in [5.41, 5.74) is 0.411. The van der Waals surface area contributed by atoms with Crippen LogP contribution in [0.4, 0.5) is 0 Å². The van der Waals surface area contributed by atoms with Crippen LogP contribution < -0.4 is 10.1 Å². The van der Waals surface area contributed by atoms with Gasteiger partial charge in [-0.2, -0.15) is 9.64 Å². The molecule has 0 saturated heterocycles. The predicted octanol–water partition coefficient (Wildman–Crippen LogP) is 0.752. The largest absolute Gasteiger partial charge is 0.473 e. The van der Waals surface area contributed by atoms with E-state index in [1.165, 1.54) is 11.5 Å². The first-order valence-electron chi connectivity index (χ1n) is 5.02. The molecule has 0 bridgehead atoms. The first-order valence-corrected chi connectivity index (χ1v) is 5.86. The van der Waals surface area contributed by atoms with Crippen LogP contribution in [0.15, 0.2) is 5.38 Å². The summed E-state index contributed by atoms with van der Waals surface area (Å²) in [7, 11) is 0. The summed E-state index contributed by atoms with van der Waals surface area (Å²) in [4.78, 5) is 0. The van der Waals surface area contributed by atoms with Crippen molar-refractivity contribution in [3.63, 3.8) is 0 Å². The number of nitriles is 1. The fraction of sp³-hybridized carbons (Fsp3) is 0.600.